The molecular formula is C26H30N2O5. The van der Waals surface area contributed by atoms with Crippen molar-refractivity contribution in [1.29, 1.82) is 0 Å². The van der Waals surface area contributed by atoms with Crippen LogP contribution in [0, 0.1) is 5.41 Å². The molecule has 2 N–H and O–H groups in total. The van der Waals surface area contributed by atoms with Gasteiger partial charge in [-0.25, -0.2) is 9.59 Å². The van der Waals surface area contributed by atoms with Crippen molar-refractivity contribution in [3.8, 4) is 11.1 Å². The number of nitrogens with one attached hydrogen (secondary N) is 1. The molecular weight excluding hydrogens is 420 g/mol. The van der Waals surface area contributed by atoms with Crippen molar-refractivity contribution in [2.45, 2.75) is 51.1 Å². The molecule has 2 aliphatic carbocycles. The van der Waals surface area contributed by atoms with Crippen molar-refractivity contribution < 1.29 is 24.2 Å². The lowest BCUT2D eigenvalue weighted by Gasteiger charge is -2.35. The number of carboxylic acids is 1. The monoisotopic (exact) mass is 450 g/mol. The molecule has 0 radical (unpaired) electrons. The van der Waals surface area contributed by atoms with Crippen molar-refractivity contribution in [2.75, 3.05) is 13.7 Å². The Morgan fingerprint density at radius 1 is 1.06 bits per heavy atom. The van der Waals surface area contributed by atoms with Gasteiger partial charge in [-0.1, -0.05) is 69.3 Å². The number of hydrogen-bond donors (Lipinski definition) is 2. The van der Waals surface area contributed by atoms with Gasteiger partial charge in [-0.05, 0) is 40.5 Å². The topological polar surface area (TPSA) is 95.9 Å². The number of benzene rings is 2. The molecule has 2 aromatic carbocycles. The summed E-state index contributed by atoms with van der Waals surface area (Å²) in [6.45, 7) is 5.62. The van der Waals surface area contributed by atoms with E-state index >= 15 is 0 Å². The first-order valence-electron chi connectivity index (χ1n) is 11.2. The molecule has 7 heteroatoms. The van der Waals surface area contributed by atoms with Crippen LogP contribution in [0.15, 0.2) is 48.5 Å². The van der Waals surface area contributed by atoms with Crippen LogP contribution >= 0.6 is 0 Å². The van der Waals surface area contributed by atoms with Gasteiger partial charge in [-0.3, -0.25) is 4.79 Å². The van der Waals surface area contributed by atoms with Gasteiger partial charge >= 0.3 is 12.1 Å². The number of rotatable bonds is 6. The lowest BCUT2D eigenvalue weighted by Crippen LogP contribution is -2.58. The third-order valence-electron chi connectivity index (χ3n) is 6.81. The molecule has 1 atom stereocenters. The van der Waals surface area contributed by atoms with Gasteiger partial charge in [0.15, 0.2) is 0 Å². The van der Waals surface area contributed by atoms with Crippen molar-refractivity contribution in [2.24, 2.45) is 5.41 Å². The molecule has 0 saturated heterocycles. The van der Waals surface area contributed by atoms with Gasteiger partial charge in [0.1, 0.15) is 18.2 Å². The van der Waals surface area contributed by atoms with E-state index in [1.54, 1.807) is 0 Å². The number of likely N-dealkylation sites (N-methyl/N-ethyl adjacent to an activating group) is 1. The molecule has 2 amide bonds. The highest BCUT2D eigenvalue weighted by Crippen LogP contribution is 2.45. The number of alkyl carbamates (subject to hydrolysis) is 1. The predicted octanol–water partition coefficient (Wildman–Crippen LogP) is 4.02. The maximum Gasteiger partial charge on any atom is 0.407 e. The molecule has 4 rings (SSSR count). The van der Waals surface area contributed by atoms with Crippen molar-refractivity contribution in [1.82, 2.24) is 10.2 Å². The Balaban J connectivity index is 1.47. The number of amides is 2. The van der Waals surface area contributed by atoms with E-state index < -0.39 is 35.0 Å². The highest BCUT2D eigenvalue weighted by molar-refractivity contribution is 5.93. The fourth-order valence-electron chi connectivity index (χ4n) is 4.62. The van der Waals surface area contributed by atoms with Gasteiger partial charge in [0.2, 0.25) is 5.91 Å². The lowest BCUT2D eigenvalue weighted by molar-refractivity contribution is -0.152. The van der Waals surface area contributed by atoms with E-state index in [-0.39, 0.29) is 12.5 Å². The summed E-state index contributed by atoms with van der Waals surface area (Å²) < 4.78 is 5.61. The molecule has 33 heavy (non-hydrogen) atoms. The van der Waals surface area contributed by atoms with Gasteiger partial charge in [0, 0.05) is 13.0 Å². The van der Waals surface area contributed by atoms with Gasteiger partial charge < -0.3 is 20.1 Å². The first-order chi connectivity index (χ1) is 15.6. The average molecular weight is 451 g/mol. The van der Waals surface area contributed by atoms with E-state index in [0.717, 1.165) is 22.3 Å². The number of hydrogen-bond acceptors (Lipinski definition) is 4. The molecule has 2 aromatic rings. The van der Waals surface area contributed by atoms with E-state index in [2.05, 4.69) is 17.4 Å². The Kier molecular flexibility index (Phi) is 5.68. The molecule has 174 valence electrons. The normalized spacial score (nSPS) is 16.8. The van der Waals surface area contributed by atoms with E-state index in [1.165, 1.54) is 11.9 Å². The summed E-state index contributed by atoms with van der Waals surface area (Å²) in [5.74, 6) is -1.54. The summed E-state index contributed by atoms with van der Waals surface area (Å²) >= 11 is 0. The van der Waals surface area contributed by atoms with Crippen LogP contribution in [0.3, 0.4) is 0 Å². The minimum absolute atomic E-state index is 0.0867. The number of fused-ring (bicyclic) bond motifs is 3. The summed E-state index contributed by atoms with van der Waals surface area (Å²) in [7, 11) is 1.49. The molecule has 0 bridgehead atoms. The first-order valence-corrected chi connectivity index (χ1v) is 11.2. The third kappa shape index (κ3) is 4.08. The third-order valence-corrected chi connectivity index (χ3v) is 6.81. The zero-order valence-corrected chi connectivity index (χ0v) is 19.4. The zero-order valence-electron chi connectivity index (χ0n) is 19.4. The Bertz CT molecular complexity index is 1050. The van der Waals surface area contributed by atoms with Crippen LogP contribution in [0.1, 0.15) is 50.7 Å². The van der Waals surface area contributed by atoms with Crippen LogP contribution in [0.4, 0.5) is 4.79 Å². The number of ether oxygens (including phenoxy) is 1. The molecule has 7 nitrogen and oxygen atoms in total. The van der Waals surface area contributed by atoms with E-state index in [4.69, 9.17) is 4.74 Å². The predicted molar refractivity (Wildman–Crippen MR) is 124 cm³/mol. The summed E-state index contributed by atoms with van der Waals surface area (Å²) in [6.07, 6.45) is 0.123. The summed E-state index contributed by atoms with van der Waals surface area (Å²) in [5.41, 5.74) is 2.66. The number of nitrogens with zero attached hydrogens (tertiary/aromatic N) is 1. The zero-order chi connectivity index (χ0) is 24.0. The van der Waals surface area contributed by atoms with Crippen LogP contribution in [-0.4, -0.2) is 53.2 Å². The molecule has 0 aromatic heterocycles. The number of carboxylic acid groups (broad SMARTS) is 1. The van der Waals surface area contributed by atoms with Crippen molar-refractivity contribution in [3.05, 3.63) is 59.7 Å². The number of aliphatic carboxylic acids is 1. The van der Waals surface area contributed by atoms with Gasteiger partial charge in [-0.2, -0.15) is 0 Å². The second-order valence-corrected chi connectivity index (χ2v) is 10.0. The van der Waals surface area contributed by atoms with Crippen LogP contribution in [0.2, 0.25) is 0 Å². The molecule has 0 spiro atoms. The molecule has 0 aliphatic heterocycles. The first kappa shape index (κ1) is 22.8. The molecule has 2 aliphatic rings. The maximum atomic E-state index is 13.2. The Hall–Kier alpha value is -3.35. The standard InChI is InChI=1S/C26H30N2O5/c1-25(2,3)21(22(29)28(4)26(13-14-26)23(30)31)27-24(32)33-15-20-18-11-7-5-9-16(18)17-10-6-8-12-19(17)20/h5-12,20-21H,13-15H2,1-4H3,(H,27,32)(H,30,31)/t21-/m1/s1. The van der Waals surface area contributed by atoms with E-state index in [9.17, 15) is 19.5 Å². The highest BCUT2D eigenvalue weighted by Gasteiger charge is 2.57. The SMILES string of the molecule is CN(C(=O)[C@@H](NC(=O)OCC1c2ccccc2-c2ccccc21)C(C)(C)C)C1(C(=O)O)CC1. The van der Waals surface area contributed by atoms with E-state index in [0.29, 0.717) is 12.8 Å². The molecule has 1 fully saturated rings. The number of carbonyl (C=O) groups is 3. The summed E-state index contributed by atoms with van der Waals surface area (Å²) in [5, 5.41) is 12.3. The quantitative estimate of drug-likeness (QED) is 0.693. The Labute approximate surface area is 193 Å². The highest BCUT2D eigenvalue weighted by atomic mass is 16.5. The van der Waals surface area contributed by atoms with Gasteiger partial charge in [-0.15, -0.1) is 0 Å². The average Bonchev–Trinajstić information content (AvgIpc) is 3.53. The smallest absolute Gasteiger partial charge is 0.407 e. The lowest BCUT2D eigenvalue weighted by atomic mass is 9.85. The molecule has 1 saturated carbocycles. The van der Waals surface area contributed by atoms with Gasteiger partial charge in [0.05, 0.1) is 0 Å². The van der Waals surface area contributed by atoms with Crippen LogP contribution in [-0.2, 0) is 14.3 Å². The van der Waals surface area contributed by atoms with Crippen LogP contribution in [0.25, 0.3) is 11.1 Å². The number of carbonyl (C=O) groups excluding carboxylic acids is 2. The Morgan fingerprint density at radius 2 is 1.58 bits per heavy atom. The van der Waals surface area contributed by atoms with Crippen LogP contribution in [0.5, 0.6) is 0 Å². The molecule has 0 unspecified atom stereocenters. The minimum atomic E-state index is -1.18. The maximum absolute atomic E-state index is 13.2. The van der Waals surface area contributed by atoms with E-state index in [1.807, 2.05) is 57.2 Å². The fraction of sp³-hybridized carbons (Fsp3) is 0.423. The van der Waals surface area contributed by atoms with Crippen molar-refractivity contribution >= 4 is 18.0 Å². The second-order valence-electron chi connectivity index (χ2n) is 10.0. The molecule has 0 heterocycles. The summed E-state index contributed by atoms with van der Waals surface area (Å²) in [4.78, 5) is 38.9. The second kappa shape index (κ2) is 8.21. The summed E-state index contributed by atoms with van der Waals surface area (Å²) in [6, 6.07) is 15.2. The Morgan fingerprint density at radius 3 is 2.03 bits per heavy atom. The van der Waals surface area contributed by atoms with Gasteiger partial charge in [0.25, 0.3) is 0 Å². The fourth-order valence-corrected chi connectivity index (χ4v) is 4.62. The van der Waals surface area contributed by atoms with Crippen LogP contribution < -0.4 is 5.32 Å². The largest absolute Gasteiger partial charge is 0.479 e. The minimum Gasteiger partial charge on any atom is -0.479 e. The van der Waals surface area contributed by atoms with Crippen molar-refractivity contribution in [3.63, 3.8) is 0 Å².